The molecule has 78 valence electrons. The van der Waals surface area contributed by atoms with Gasteiger partial charge in [-0.15, -0.1) is 0 Å². The molecule has 0 bridgehead atoms. The zero-order valence-electron chi connectivity index (χ0n) is 8.09. The van der Waals surface area contributed by atoms with E-state index in [2.05, 4.69) is 4.99 Å². The Morgan fingerprint density at radius 1 is 1.47 bits per heavy atom. The number of esters is 1. The lowest BCUT2D eigenvalue weighted by Crippen LogP contribution is -2.11. The van der Waals surface area contributed by atoms with E-state index in [1.54, 1.807) is 24.3 Å². The predicted molar refractivity (Wildman–Crippen MR) is 55.1 cm³/mol. The van der Waals surface area contributed by atoms with E-state index in [-0.39, 0.29) is 11.7 Å². The van der Waals surface area contributed by atoms with Gasteiger partial charge in [0.05, 0.1) is 6.61 Å². The van der Waals surface area contributed by atoms with E-state index in [1.165, 1.54) is 6.21 Å². The predicted octanol–water partition coefficient (Wildman–Crippen LogP) is 1.13. The quantitative estimate of drug-likeness (QED) is 0.581. The van der Waals surface area contributed by atoms with Gasteiger partial charge in [0, 0.05) is 18.2 Å². The van der Waals surface area contributed by atoms with Crippen molar-refractivity contribution in [2.45, 2.75) is 12.5 Å². The van der Waals surface area contributed by atoms with E-state index >= 15 is 0 Å². The fourth-order valence-electron chi connectivity index (χ4n) is 1.39. The van der Waals surface area contributed by atoms with Crippen LogP contribution >= 0.6 is 0 Å². The number of carbonyl (C=O) groups excluding carboxylic acids is 1. The van der Waals surface area contributed by atoms with Gasteiger partial charge in [0.1, 0.15) is 5.75 Å². The number of cyclic esters (lactones) is 1. The largest absolute Gasteiger partial charge is 0.507 e. The first-order chi connectivity index (χ1) is 7.27. The van der Waals surface area contributed by atoms with Crippen LogP contribution in [0.1, 0.15) is 12.0 Å². The van der Waals surface area contributed by atoms with Gasteiger partial charge in [-0.05, 0) is 12.1 Å². The minimum Gasteiger partial charge on any atom is -0.507 e. The summed E-state index contributed by atoms with van der Waals surface area (Å²) in [5, 5.41) is 9.44. The highest BCUT2D eigenvalue weighted by molar-refractivity contribution is 5.86. The Morgan fingerprint density at radius 3 is 2.93 bits per heavy atom. The number of para-hydroxylation sites is 1. The van der Waals surface area contributed by atoms with E-state index in [0.717, 1.165) is 0 Å². The average molecular weight is 205 g/mol. The topological polar surface area (TPSA) is 58.9 Å². The lowest BCUT2D eigenvalue weighted by atomic mass is 10.2. The third-order valence-corrected chi connectivity index (χ3v) is 2.24. The maximum Gasteiger partial charge on any atom is 0.330 e. The Labute approximate surface area is 87.2 Å². The van der Waals surface area contributed by atoms with Gasteiger partial charge in [0.2, 0.25) is 0 Å². The van der Waals surface area contributed by atoms with Gasteiger partial charge >= 0.3 is 5.97 Å². The van der Waals surface area contributed by atoms with Crippen LogP contribution in [0.25, 0.3) is 0 Å². The van der Waals surface area contributed by atoms with Gasteiger partial charge in [-0.25, -0.2) is 4.79 Å². The first-order valence-corrected chi connectivity index (χ1v) is 4.75. The molecule has 1 aromatic carbocycles. The SMILES string of the molecule is O=C1OCC[C@H]1N=Cc1ccccc1O. The van der Waals surface area contributed by atoms with E-state index in [9.17, 15) is 9.90 Å². The molecule has 1 fully saturated rings. The van der Waals surface area contributed by atoms with E-state index in [4.69, 9.17) is 4.74 Å². The molecule has 0 aliphatic carbocycles. The Bertz CT molecular complexity index is 401. The zero-order chi connectivity index (χ0) is 10.7. The molecule has 0 saturated carbocycles. The number of hydrogen-bond acceptors (Lipinski definition) is 4. The molecular weight excluding hydrogens is 194 g/mol. The van der Waals surface area contributed by atoms with Gasteiger partial charge < -0.3 is 9.84 Å². The minimum atomic E-state index is -0.412. The Hall–Kier alpha value is -1.84. The number of phenolic OH excluding ortho intramolecular Hbond substituents is 1. The van der Waals surface area contributed by atoms with Crippen molar-refractivity contribution in [3.8, 4) is 5.75 Å². The standard InChI is InChI=1S/C11H11NO3/c13-10-4-2-1-3-8(10)7-12-9-5-6-15-11(9)14/h1-4,7,9,13H,5-6H2/t9-/m1/s1. The van der Waals surface area contributed by atoms with Crippen molar-refractivity contribution in [3.63, 3.8) is 0 Å². The highest BCUT2D eigenvalue weighted by Gasteiger charge is 2.24. The molecule has 0 amide bonds. The van der Waals surface area contributed by atoms with Crippen LogP contribution in [0.4, 0.5) is 0 Å². The Kier molecular flexibility index (Phi) is 2.67. The molecule has 2 rings (SSSR count). The number of carbonyl (C=O) groups is 1. The Balaban J connectivity index is 2.11. The number of phenols is 1. The van der Waals surface area contributed by atoms with Crippen LogP contribution in [0.3, 0.4) is 0 Å². The first-order valence-electron chi connectivity index (χ1n) is 4.75. The lowest BCUT2D eigenvalue weighted by molar-refractivity contribution is -0.138. The molecule has 1 aliphatic rings. The van der Waals surface area contributed by atoms with Crippen LogP contribution in [0.5, 0.6) is 5.75 Å². The highest BCUT2D eigenvalue weighted by atomic mass is 16.5. The van der Waals surface area contributed by atoms with Gasteiger partial charge in [0.15, 0.2) is 6.04 Å². The van der Waals surface area contributed by atoms with Crippen molar-refractivity contribution < 1.29 is 14.6 Å². The lowest BCUT2D eigenvalue weighted by Gasteiger charge is -1.99. The normalized spacial score (nSPS) is 20.8. The van der Waals surface area contributed by atoms with Crippen molar-refractivity contribution in [2.75, 3.05) is 6.61 Å². The summed E-state index contributed by atoms with van der Waals surface area (Å²) in [6.07, 6.45) is 2.12. The molecule has 0 spiro atoms. The summed E-state index contributed by atoms with van der Waals surface area (Å²) in [5.74, 6) is -0.130. The third-order valence-electron chi connectivity index (χ3n) is 2.24. The van der Waals surface area contributed by atoms with E-state index < -0.39 is 6.04 Å². The second-order valence-electron chi connectivity index (χ2n) is 3.31. The molecule has 0 unspecified atom stereocenters. The smallest absolute Gasteiger partial charge is 0.330 e. The van der Waals surface area contributed by atoms with Crippen LogP contribution < -0.4 is 0 Å². The molecule has 1 atom stereocenters. The molecule has 1 N–H and O–H groups in total. The number of rotatable bonds is 2. The van der Waals surface area contributed by atoms with Crippen molar-refractivity contribution in [1.82, 2.24) is 0 Å². The van der Waals surface area contributed by atoms with Crippen LogP contribution in [0.15, 0.2) is 29.3 Å². The van der Waals surface area contributed by atoms with Crippen LogP contribution in [0, 0.1) is 0 Å². The third kappa shape index (κ3) is 2.15. The summed E-state index contributed by atoms with van der Waals surface area (Å²) in [6.45, 7) is 0.432. The van der Waals surface area contributed by atoms with Gasteiger partial charge in [0.25, 0.3) is 0 Å². The van der Waals surface area contributed by atoms with Crippen molar-refractivity contribution in [3.05, 3.63) is 29.8 Å². The van der Waals surface area contributed by atoms with Gasteiger partial charge in [-0.3, -0.25) is 4.99 Å². The summed E-state index contributed by atoms with van der Waals surface area (Å²) in [5.41, 5.74) is 0.609. The van der Waals surface area contributed by atoms with Crippen molar-refractivity contribution in [2.24, 2.45) is 4.99 Å². The maximum atomic E-state index is 11.1. The Morgan fingerprint density at radius 2 is 2.27 bits per heavy atom. The number of hydrogen-bond donors (Lipinski definition) is 1. The molecule has 4 nitrogen and oxygen atoms in total. The molecule has 1 heterocycles. The fourth-order valence-corrected chi connectivity index (χ4v) is 1.39. The molecule has 1 aromatic rings. The molecule has 0 radical (unpaired) electrons. The average Bonchev–Trinajstić information content (AvgIpc) is 2.63. The first kappa shape index (κ1) is 9.71. The van der Waals surface area contributed by atoms with Gasteiger partial charge in [-0.2, -0.15) is 0 Å². The highest BCUT2D eigenvalue weighted by Crippen LogP contribution is 2.15. The van der Waals surface area contributed by atoms with E-state index in [1.807, 2.05) is 0 Å². The van der Waals surface area contributed by atoms with Crippen LogP contribution in [0.2, 0.25) is 0 Å². The van der Waals surface area contributed by atoms with Crippen LogP contribution in [-0.4, -0.2) is 29.9 Å². The molecule has 0 aromatic heterocycles. The summed E-state index contributed by atoms with van der Waals surface area (Å²) >= 11 is 0. The van der Waals surface area contributed by atoms with Crippen molar-refractivity contribution in [1.29, 1.82) is 0 Å². The van der Waals surface area contributed by atoms with Crippen molar-refractivity contribution >= 4 is 12.2 Å². The molecule has 15 heavy (non-hydrogen) atoms. The fraction of sp³-hybridized carbons (Fsp3) is 0.273. The molecule has 4 heteroatoms. The van der Waals surface area contributed by atoms with Gasteiger partial charge in [-0.1, -0.05) is 12.1 Å². The number of aliphatic imine (C=N–C) groups is 1. The minimum absolute atomic E-state index is 0.160. The molecule has 1 saturated heterocycles. The number of benzene rings is 1. The monoisotopic (exact) mass is 205 g/mol. The van der Waals surface area contributed by atoms with E-state index in [0.29, 0.717) is 18.6 Å². The maximum absolute atomic E-state index is 11.1. The second kappa shape index (κ2) is 4.13. The number of nitrogens with zero attached hydrogens (tertiary/aromatic N) is 1. The number of aromatic hydroxyl groups is 1. The zero-order valence-corrected chi connectivity index (χ0v) is 8.09. The molecular formula is C11H11NO3. The number of ether oxygens (including phenoxy) is 1. The summed E-state index contributed by atoms with van der Waals surface area (Å²) < 4.78 is 4.77. The summed E-state index contributed by atoms with van der Waals surface area (Å²) in [7, 11) is 0. The summed E-state index contributed by atoms with van der Waals surface area (Å²) in [6, 6.07) is 6.43. The van der Waals surface area contributed by atoms with Crippen LogP contribution in [-0.2, 0) is 9.53 Å². The second-order valence-corrected chi connectivity index (χ2v) is 3.31. The molecule has 1 aliphatic heterocycles. The summed E-state index contributed by atoms with van der Waals surface area (Å²) in [4.78, 5) is 15.2.